The Labute approximate surface area is 133 Å². The lowest BCUT2D eigenvalue weighted by molar-refractivity contribution is 0.0740. The fourth-order valence-corrected chi connectivity index (χ4v) is 4.40. The molecule has 3 rings (SSSR count). The minimum atomic E-state index is 0.183. The quantitative estimate of drug-likeness (QED) is 0.932. The van der Waals surface area contributed by atoms with Gasteiger partial charge in [0.2, 0.25) is 0 Å². The SMILES string of the molecule is Cc1cc(C(=O)N2CCCC2CN)c(C)n1C1CCCCC1. The summed E-state index contributed by atoms with van der Waals surface area (Å²) in [6.07, 6.45) is 8.60. The first-order chi connectivity index (χ1) is 10.6. The highest BCUT2D eigenvalue weighted by molar-refractivity contribution is 5.96. The normalized spacial score (nSPS) is 23.2. The highest BCUT2D eigenvalue weighted by atomic mass is 16.2. The number of amides is 1. The summed E-state index contributed by atoms with van der Waals surface area (Å²) in [5.74, 6) is 0.183. The van der Waals surface area contributed by atoms with E-state index in [-0.39, 0.29) is 11.9 Å². The molecule has 1 aromatic rings. The van der Waals surface area contributed by atoms with Crippen molar-refractivity contribution in [1.29, 1.82) is 0 Å². The third-order valence-corrected chi connectivity index (χ3v) is 5.56. The van der Waals surface area contributed by atoms with Crippen molar-refractivity contribution in [2.45, 2.75) is 70.9 Å². The van der Waals surface area contributed by atoms with Crippen LogP contribution in [-0.2, 0) is 0 Å². The molecule has 1 atom stereocenters. The molecule has 1 unspecified atom stereocenters. The van der Waals surface area contributed by atoms with E-state index in [0.29, 0.717) is 12.6 Å². The minimum absolute atomic E-state index is 0.183. The van der Waals surface area contributed by atoms with Crippen molar-refractivity contribution in [2.75, 3.05) is 13.1 Å². The monoisotopic (exact) mass is 303 g/mol. The van der Waals surface area contributed by atoms with Crippen molar-refractivity contribution in [1.82, 2.24) is 9.47 Å². The maximum Gasteiger partial charge on any atom is 0.255 e. The Balaban J connectivity index is 1.87. The van der Waals surface area contributed by atoms with Crippen LogP contribution >= 0.6 is 0 Å². The summed E-state index contributed by atoms with van der Waals surface area (Å²) in [5, 5.41) is 0. The smallest absolute Gasteiger partial charge is 0.255 e. The lowest BCUT2D eigenvalue weighted by atomic mass is 9.95. The van der Waals surface area contributed by atoms with E-state index in [4.69, 9.17) is 5.73 Å². The number of aromatic nitrogens is 1. The molecule has 2 aliphatic rings. The Morgan fingerprint density at radius 1 is 1.18 bits per heavy atom. The largest absolute Gasteiger partial charge is 0.345 e. The molecular formula is C18H29N3O. The van der Waals surface area contributed by atoms with Gasteiger partial charge in [-0.3, -0.25) is 4.79 Å². The van der Waals surface area contributed by atoms with E-state index in [9.17, 15) is 4.79 Å². The second kappa shape index (κ2) is 6.45. The molecule has 2 N–H and O–H groups in total. The predicted octanol–water partition coefficient (Wildman–Crippen LogP) is 3.17. The Kier molecular flexibility index (Phi) is 4.57. The maximum atomic E-state index is 12.9. The fourth-order valence-electron chi connectivity index (χ4n) is 4.40. The third kappa shape index (κ3) is 2.69. The second-order valence-corrected chi connectivity index (χ2v) is 6.98. The molecular weight excluding hydrogens is 274 g/mol. The lowest BCUT2D eigenvalue weighted by Gasteiger charge is -2.27. The van der Waals surface area contributed by atoms with Crippen LogP contribution in [0.1, 0.15) is 72.7 Å². The second-order valence-electron chi connectivity index (χ2n) is 6.98. The molecule has 0 spiro atoms. The molecule has 2 fully saturated rings. The highest BCUT2D eigenvalue weighted by Crippen LogP contribution is 2.33. The van der Waals surface area contributed by atoms with Gasteiger partial charge in [0, 0.05) is 36.6 Å². The van der Waals surface area contributed by atoms with Crippen LogP contribution in [0, 0.1) is 13.8 Å². The van der Waals surface area contributed by atoms with Gasteiger partial charge in [-0.2, -0.15) is 0 Å². The zero-order chi connectivity index (χ0) is 15.7. The van der Waals surface area contributed by atoms with Crippen molar-refractivity contribution >= 4 is 5.91 Å². The summed E-state index contributed by atoms with van der Waals surface area (Å²) in [5.41, 5.74) is 9.11. The van der Waals surface area contributed by atoms with Crippen molar-refractivity contribution < 1.29 is 4.79 Å². The van der Waals surface area contributed by atoms with E-state index in [0.717, 1.165) is 30.6 Å². The topological polar surface area (TPSA) is 51.3 Å². The van der Waals surface area contributed by atoms with E-state index in [1.807, 2.05) is 4.90 Å². The van der Waals surface area contributed by atoms with Crippen molar-refractivity contribution in [3.63, 3.8) is 0 Å². The molecule has 1 saturated heterocycles. The van der Waals surface area contributed by atoms with Gasteiger partial charge < -0.3 is 15.2 Å². The molecule has 0 radical (unpaired) electrons. The molecule has 22 heavy (non-hydrogen) atoms. The molecule has 122 valence electrons. The first-order valence-electron chi connectivity index (χ1n) is 8.83. The number of nitrogens with zero attached hydrogens (tertiary/aromatic N) is 2. The number of rotatable bonds is 3. The lowest BCUT2D eigenvalue weighted by Crippen LogP contribution is -2.40. The summed E-state index contributed by atoms with van der Waals surface area (Å²) in [6, 6.07) is 2.91. The Bertz CT molecular complexity index is 543. The van der Waals surface area contributed by atoms with Crippen LogP contribution in [0.2, 0.25) is 0 Å². The maximum absolute atomic E-state index is 12.9. The molecule has 1 saturated carbocycles. The van der Waals surface area contributed by atoms with Gasteiger partial charge in [0.25, 0.3) is 5.91 Å². The molecule has 1 amide bonds. The minimum Gasteiger partial charge on any atom is -0.345 e. The van der Waals surface area contributed by atoms with Gasteiger partial charge in [0.1, 0.15) is 0 Å². The van der Waals surface area contributed by atoms with E-state index >= 15 is 0 Å². The summed E-state index contributed by atoms with van der Waals surface area (Å²) in [4.78, 5) is 14.9. The van der Waals surface area contributed by atoms with Crippen molar-refractivity contribution in [3.8, 4) is 0 Å². The first-order valence-corrected chi connectivity index (χ1v) is 8.83. The van der Waals surface area contributed by atoms with E-state index in [1.165, 1.54) is 37.8 Å². The number of aryl methyl sites for hydroxylation is 1. The van der Waals surface area contributed by atoms with E-state index < -0.39 is 0 Å². The number of likely N-dealkylation sites (tertiary alicyclic amines) is 1. The average Bonchev–Trinajstić information content (AvgIpc) is 3.12. The van der Waals surface area contributed by atoms with Gasteiger partial charge in [-0.25, -0.2) is 0 Å². The van der Waals surface area contributed by atoms with Crippen LogP contribution in [0.5, 0.6) is 0 Å². The molecule has 0 bridgehead atoms. The summed E-state index contributed by atoms with van der Waals surface area (Å²) in [7, 11) is 0. The van der Waals surface area contributed by atoms with Crippen molar-refractivity contribution in [2.24, 2.45) is 5.73 Å². The Hall–Kier alpha value is -1.29. The summed E-state index contributed by atoms with van der Waals surface area (Å²) >= 11 is 0. The number of hydrogen-bond donors (Lipinski definition) is 1. The van der Waals surface area contributed by atoms with Crippen LogP contribution in [0.25, 0.3) is 0 Å². The average molecular weight is 303 g/mol. The Morgan fingerprint density at radius 3 is 2.59 bits per heavy atom. The number of carbonyl (C=O) groups excluding carboxylic acids is 1. The molecule has 0 aromatic carbocycles. The predicted molar refractivity (Wildman–Crippen MR) is 89.1 cm³/mol. The third-order valence-electron chi connectivity index (χ3n) is 5.56. The van der Waals surface area contributed by atoms with Crippen LogP contribution in [0.3, 0.4) is 0 Å². The van der Waals surface area contributed by atoms with Gasteiger partial charge in [0.05, 0.1) is 5.56 Å². The van der Waals surface area contributed by atoms with Crippen LogP contribution in [-0.4, -0.2) is 34.5 Å². The van der Waals surface area contributed by atoms with Crippen LogP contribution in [0.15, 0.2) is 6.07 Å². The van der Waals surface area contributed by atoms with Gasteiger partial charge in [0.15, 0.2) is 0 Å². The van der Waals surface area contributed by atoms with Gasteiger partial charge in [-0.15, -0.1) is 0 Å². The number of nitrogens with two attached hydrogens (primary N) is 1. The van der Waals surface area contributed by atoms with Crippen LogP contribution in [0.4, 0.5) is 0 Å². The Morgan fingerprint density at radius 2 is 1.91 bits per heavy atom. The molecule has 1 aliphatic carbocycles. The summed E-state index contributed by atoms with van der Waals surface area (Å²) < 4.78 is 2.42. The van der Waals surface area contributed by atoms with Crippen molar-refractivity contribution in [3.05, 3.63) is 23.0 Å². The van der Waals surface area contributed by atoms with Gasteiger partial charge in [-0.05, 0) is 45.6 Å². The molecule has 4 nitrogen and oxygen atoms in total. The van der Waals surface area contributed by atoms with Gasteiger partial charge >= 0.3 is 0 Å². The standard InChI is InChI=1S/C18H29N3O/c1-13-11-17(18(22)20-10-6-9-16(20)12-19)14(2)21(13)15-7-4-3-5-8-15/h11,15-16H,3-10,12,19H2,1-2H3. The van der Waals surface area contributed by atoms with E-state index in [1.54, 1.807) is 0 Å². The number of carbonyl (C=O) groups is 1. The highest BCUT2D eigenvalue weighted by Gasteiger charge is 2.31. The van der Waals surface area contributed by atoms with Crippen LogP contribution < -0.4 is 5.73 Å². The zero-order valence-electron chi connectivity index (χ0n) is 14.0. The molecule has 4 heteroatoms. The number of hydrogen-bond acceptors (Lipinski definition) is 2. The fraction of sp³-hybridized carbons (Fsp3) is 0.722. The zero-order valence-corrected chi connectivity index (χ0v) is 14.0. The van der Waals surface area contributed by atoms with Gasteiger partial charge in [-0.1, -0.05) is 19.3 Å². The molecule has 1 aliphatic heterocycles. The molecule has 1 aromatic heterocycles. The molecule has 2 heterocycles. The van der Waals surface area contributed by atoms with E-state index in [2.05, 4.69) is 24.5 Å². The summed E-state index contributed by atoms with van der Waals surface area (Å²) in [6.45, 7) is 5.69. The first kappa shape index (κ1) is 15.6.